The van der Waals surface area contributed by atoms with Gasteiger partial charge in [0.1, 0.15) is 6.29 Å². The second-order valence-electron chi connectivity index (χ2n) is 4.60. The summed E-state index contributed by atoms with van der Waals surface area (Å²) in [5.74, 6) is 0. The van der Waals surface area contributed by atoms with Crippen LogP contribution in [0.3, 0.4) is 0 Å². The van der Waals surface area contributed by atoms with E-state index in [9.17, 15) is 4.79 Å². The highest BCUT2D eigenvalue weighted by molar-refractivity contribution is 5.60. The molecule has 0 saturated heterocycles. The summed E-state index contributed by atoms with van der Waals surface area (Å²) in [7, 11) is 0. The minimum absolute atomic E-state index is 0.124. The van der Waals surface area contributed by atoms with Gasteiger partial charge in [0.2, 0.25) is 0 Å². The predicted octanol–water partition coefficient (Wildman–Crippen LogP) is 2.57. The highest BCUT2D eigenvalue weighted by Gasteiger charge is 2.40. The zero-order chi connectivity index (χ0) is 10.7. The maximum Gasteiger partial charge on any atom is 0.126 e. The van der Waals surface area contributed by atoms with E-state index < -0.39 is 0 Å². The maximum absolute atomic E-state index is 10.7. The van der Waals surface area contributed by atoms with Gasteiger partial charge in [-0.3, -0.25) is 0 Å². The van der Waals surface area contributed by atoms with Crippen LogP contribution in [0.4, 0.5) is 0 Å². The van der Waals surface area contributed by atoms with Crippen molar-refractivity contribution >= 4 is 6.29 Å². The second kappa shape index (κ2) is 4.15. The molecule has 80 valence electrons. The fourth-order valence-electron chi connectivity index (χ4n) is 1.98. The van der Waals surface area contributed by atoms with E-state index >= 15 is 0 Å². The van der Waals surface area contributed by atoms with Crippen molar-refractivity contribution in [3.05, 3.63) is 35.9 Å². The van der Waals surface area contributed by atoms with Gasteiger partial charge in [-0.15, -0.1) is 0 Å². The summed E-state index contributed by atoms with van der Waals surface area (Å²) in [6.45, 7) is 2.64. The van der Waals surface area contributed by atoms with Crippen molar-refractivity contribution < 1.29 is 9.53 Å². The zero-order valence-corrected chi connectivity index (χ0v) is 8.98. The average molecular weight is 204 g/mol. The van der Waals surface area contributed by atoms with E-state index in [1.165, 1.54) is 5.56 Å². The Morgan fingerprint density at radius 1 is 1.40 bits per heavy atom. The molecule has 0 aliphatic heterocycles. The molecule has 0 N–H and O–H groups in total. The molecule has 0 radical (unpaired) electrons. The van der Waals surface area contributed by atoms with E-state index in [4.69, 9.17) is 4.74 Å². The van der Waals surface area contributed by atoms with Crippen molar-refractivity contribution in [2.75, 3.05) is 0 Å². The minimum atomic E-state index is -0.124. The van der Waals surface area contributed by atoms with Crippen LogP contribution in [0.15, 0.2) is 30.3 Å². The van der Waals surface area contributed by atoms with E-state index in [0.29, 0.717) is 6.61 Å². The van der Waals surface area contributed by atoms with Crippen LogP contribution in [-0.4, -0.2) is 12.4 Å². The number of hydrogen-bond acceptors (Lipinski definition) is 2. The van der Waals surface area contributed by atoms with Crippen molar-refractivity contribution in [2.24, 2.45) is 5.41 Å². The molecule has 0 unspecified atom stereocenters. The molecule has 1 aromatic carbocycles. The number of aldehydes is 1. The number of carbonyl (C=O) groups excluding carboxylic acids is 1. The average Bonchev–Trinajstić information content (AvgIpc) is 2.24. The van der Waals surface area contributed by atoms with Crippen molar-refractivity contribution in [2.45, 2.75) is 32.5 Å². The van der Waals surface area contributed by atoms with Crippen molar-refractivity contribution in [3.8, 4) is 0 Å². The van der Waals surface area contributed by atoms with Crippen LogP contribution in [0, 0.1) is 5.41 Å². The molecule has 2 heteroatoms. The van der Waals surface area contributed by atoms with Gasteiger partial charge in [-0.1, -0.05) is 37.3 Å². The molecule has 0 atom stereocenters. The molecule has 2 rings (SSSR count). The van der Waals surface area contributed by atoms with Crippen LogP contribution >= 0.6 is 0 Å². The Bertz CT molecular complexity index is 326. The lowest BCUT2D eigenvalue weighted by atomic mass is 9.69. The third-order valence-electron chi connectivity index (χ3n) is 3.00. The van der Waals surface area contributed by atoms with Gasteiger partial charge >= 0.3 is 0 Å². The minimum Gasteiger partial charge on any atom is -0.373 e. The number of ether oxygens (including phenoxy) is 1. The van der Waals surface area contributed by atoms with Crippen LogP contribution in [0.25, 0.3) is 0 Å². The Labute approximate surface area is 90.3 Å². The summed E-state index contributed by atoms with van der Waals surface area (Å²) in [6.07, 6.45) is 3.04. The molecular formula is C13H16O2. The van der Waals surface area contributed by atoms with Gasteiger partial charge in [0.15, 0.2) is 0 Å². The molecule has 1 aliphatic carbocycles. The number of rotatable bonds is 4. The quantitative estimate of drug-likeness (QED) is 0.704. The summed E-state index contributed by atoms with van der Waals surface area (Å²) in [4.78, 5) is 10.7. The lowest BCUT2D eigenvalue weighted by Crippen LogP contribution is -2.41. The van der Waals surface area contributed by atoms with Gasteiger partial charge in [0.05, 0.1) is 12.7 Å². The van der Waals surface area contributed by atoms with Crippen molar-refractivity contribution in [1.29, 1.82) is 0 Å². The van der Waals surface area contributed by atoms with Gasteiger partial charge in [-0.2, -0.15) is 0 Å². The highest BCUT2D eigenvalue weighted by Crippen LogP contribution is 2.40. The molecule has 0 bridgehead atoms. The number of carbonyl (C=O) groups is 1. The first kappa shape index (κ1) is 10.4. The van der Waals surface area contributed by atoms with Gasteiger partial charge < -0.3 is 9.53 Å². The molecule has 15 heavy (non-hydrogen) atoms. The molecule has 1 fully saturated rings. The molecule has 1 aliphatic rings. The summed E-state index contributed by atoms with van der Waals surface area (Å²) < 4.78 is 5.70. The van der Waals surface area contributed by atoms with Gasteiger partial charge in [-0.25, -0.2) is 0 Å². The Morgan fingerprint density at radius 2 is 2.07 bits per heavy atom. The van der Waals surface area contributed by atoms with Crippen LogP contribution in [0.5, 0.6) is 0 Å². The molecule has 0 spiro atoms. The molecule has 0 amide bonds. The lowest BCUT2D eigenvalue weighted by molar-refractivity contribution is -0.132. The molecule has 0 heterocycles. The number of benzene rings is 1. The van der Waals surface area contributed by atoms with Gasteiger partial charge in [0.25, 0.3) is 0 Å². The van der Waals surface area contributed by atoms with E-state index in [1.807, 2.05) is 25.1 Å². The largest absolute Gasteiger partial charge is 0.373 e. The molecule has 1 aromatic rings. The maximum atomic E-state index is 10.7. The van der Waals surface area contributed by atoms with Crippen LogP contribution in [0.1, 0.15) is 25.3 Å². The summed E-state index contributed by atoms with van der Waals surface area (Å²) in [5, 5.41) is 0. The SMILES string of the molecule is CC1(C=O)CC(OCc2ccccc2)C1. The molecule has 0 aromatic heterocycles. The standard InChI is InChI=1S/C13H16O2/c1-13(10-14)7-12(8-13)15-9-11-5-3-2-4-6-11/h2-6,10,12H,7-9H2,1H3. The third-order valence-corrected chi connectivity index (χ3v) is 3.00. The normalized spacial score (nSPS) is 29.5. The Kier molecular flexibility index (Phi) is 2.87. The van der Waals surface area contributed by atoms with E-state index in [2.05, 4.69) is 12.1 Å². The smallest absolute Gasteiger partial charge is 0.126 e. The van der Waals surface area contributed by atoms with Crippen LogP contribution in [0.2, 0.25) is 0 Å². The van der Waals surface area contributed by atoms with Crippen LogP contribution in [-0.2, 0) is 16.1 Å². The second-order valence-corrected chi connectivity index (χ2v) is 4.60. The fraction of sp³-hybridized carbons (Fsp3) is 0.462. The van der Waals surface area contributed by atoms with E-state index in [1.54, 1.807) is 0 Å². The Balaban J connectivity index is 1.75. The summed E-state index contributed by atoms with van der Waals surface area (Å²) in [5.41, 5.74) is 1.07. The lowest BCUT2D eigenvalue weighted by Gasteiger charge is -2.40. The Hall–Kier alpha value is -1.15. The van der Waals surface area contributed by atoms with Crippen molar-refractivity contribution in [3.63, 3.8) is 0 Å². The molecular weight excluding hydrogens is 188 g/mol. The fourth-order valence-corrected chi connectivity index (χ4v) is 1.98. The van der Waals surface area contributed by atoms with Gasteiger partial charge in [0, 0.05) is 5.41 Å². The zero-order valence-electron chi connectivity index (χ0n) is 8.98. The summed E-state index contributed by atoms with van der Waals surface area (Å²) >= 11 is 0. The first-order chi connectivity index (χ1) is 7.22. The monoisotopic (exact) mass is 204 g/mol. The first-order valence-electron chi connectivity index (χ1n) is 5.34. The molecule has 2 nitrogen and oxygen atoms in total. The molecule has 1 saturated carbocycles. The topological polar surface area (TPSA) is 26.3 Å². The van der Waals surface area contributed by atoms with Crippen molar-refractivity contribution in [1.82, 2.24) is 0 Å². The summed E-state index contributed by atoms with van der Waals surface area (Å²) in [6, 6.07) is 10.1. The first-order valence-corrected chi connectivity index (χ1v) is 5.34. The Morgan fingerprint density at radius 3 is 2.67 bits per heavy atom. The van der Waals surface area contributed by atoms with E-state index in [0.717, 1.165) is 19.1 Å². The predicted molar refractivity (Wildman–Crippen MR) is 58.4 cm³/mol. The highest BCUT2D eigenvalue weighted by atomic mass is 16.5. The van der Waals surface area contributed by atoms with E-state index in [-0.39, 0.29) is 11.5 Å². The third kappa shape index (κ3) is 2.45. The van der Waals surface area contributed by atoms with Crippen LogP contribution < -0.4 is 0 Å². The number of hydrogen-bond donors (Lipinski definition) is 0. The van der Waals surface area contributed by atoms with Gasteiger partial charge in [-0.05, 0) is 18.4 Å².